The summed E-state index contributed by atoms with van der Waals surface area (Å²) in [6.45, 7) is 0. The van der Waals surface area contributed by atoms with Crippen LogP contribution in [0.2, 0.25) is 5.02 Å². The van der Waals surface area contributed by atoms with Gasteiger partial charge in [0.2, 0.25) is 25.8 Å². The smallest absolute Gasteiger partial charge is 0.244 e. The molecule has 4 N–H and O–H groups in total. The van der Waals surface area contributed by atoms with Crippen molar-refractivity contribution in [2.45, 2.75) is 16.0 Å². The summed E-state index contributed by atoms with van der Waals surface area (Å²) < 4.78 is 67.1. The number of halogens is 1. The van der Waals surface area contributed by atoms with Crippen molar-refractivity contribution in [2.75, 3.05) is 26.6 Å². The van der Waals surface area contributed by atoms with Gasteiger partial charge in [-0.05, 0) is 29.8 Å². The number of nitrogens with one attached hydrogen (secondary N) is 2. The molecule has 0 radical (unpaired) electrons. The van der Waals surface area contributed by atoms with Crippen molar-refractivity contribution in [3.63, 3.8) is 0 Å². The van der Waals surface area contributed by atoms with Crippen LogP contribution in [0.15, 0.2) is 34.1 Å². The van der Waals surface area contributed by atoms with Gasteiger partial charge in [0.05, 0.1) is 32.0 Å². The Morgan fingerprint density at radius 3 is 2.10 bits per heavy atom. The molecule has 0 aliphatic carbocycles. The maximum Gasteiger partial charge on any atom is 0.244 e. The van der Waals surface area contributed by atoms with Gasteiger partial charge in [-0.25, -0.2) is 22.0 Å². The standard InChI is InChI=1S/C16H18ClN3O7S2/c1-25-11-4-8(5-12(26-2)15(11)27-3)16-19-10-6-9(17)13(28(18,21)22)7-14(10)29(23,24)20-16/h4-7,16,19-20H,1-3H3,(H2,18,21,22)/t16-/m1/s1. The number of ether oxygens (including phenoxy) is 3. The zero-order valence-electron chi connectivity index (χ0n) is 15.5. The summed E-state index contributed by atoms with van der Waals surface area (Å²) in [6.07, 6.45) is -0.919. The minimum absolute atomic E-state index is 0.111. The van der Waals surface area contributed by atoms with Gasteiger partial charge in [0, 0.05) is 0 Å². The number of sulfonamides is 2. The topological polar surface area (TPSA) is 146 Å². The largest absolute Gasteiger partial charge is 0.493 e. The number of fused-ring (bicyclic) bond motifs is 1. The highest BCUT2D eigenvalue weighted by Gasteiger charge is 2.33. The van der Waals surface area contributed by atoms with Crippen LogP contribution in [0.3, 0.4) is 0 Å². The number of primary sulfonamides is 1. The van der Waals surface area contributed by atoms with Crippen LogP contribution in [-0.4, -0.2) is 38.2 Å². The molecule has 0 bridgehead atoms. The minimum Gasteiger partial charge on any atom is -0.493 e. The van der Waals surface area contributed by atoms with E-state index in [1.165, 1.54) is 27.4 Å². The van der Waals surface area contributed by atoms with E-state index in [4.69, 9.17) is 31.0 Å². The van der Waals surface area contributed by atoms with E-state index in [1.54, 1.807) is 12.1 Å². The van der Waals surface area contributed by atoms with Gasteiger partial charge in [-0.1, -0.05) is 11.6 Å². The van der Waals surface area contributed by atoms with Crippen molar-refractivity contribution in [3.05, 3.63) is 34.9 Å². The summed E-state index contributed by atoms with van der Waals surface area (Å²) in [5, 5.41) is 7.86. The van der Waals surface area contributed by atoms with Crippen LogP contribution >= 0.6 is 11.6 Å². The number of benzene rings is 2. The zero-order valence-corrected chi connectivity index (χ0v) is 17.9. The van der Waals surface area contributed by atoms with Gasteiger partial charge in [0.1, 0.15) is 16.0 Å². The van der Waals surface area contributed by atoms with Gasteiger partial charge >= 0.3 is 0 Å². The lowest BCUT2D eigenvalue weighted by Gasteiger charge is -2.29. The number of rotatable bonds is 5. The summed E-state index contributed by atoms with van der Waals surface area (Å²) in [5.74, 6) is 1.01. The van der Waals surface area contributed by atoms with E-state index in [0.29, 0.717) is 22.8 Å². The fourth-order valence-electron chi connectivity index (χ4n) is 2.91. The Hall–Kier alpha value is -2.25. The molecule has 1 aliphatic heterocycles. The maximum absolute atomic E-state index is 12.8. The van der Waals surface area contributed by atoms with Crippen LogP contribution in [-0.2, 0) is 20.0 Å². The summed E-state index contributed by atoms with van der Waals surface area (Å²) in [4.78, 5) is -0.786. The van der Waals surface area contributed by atoms with Crippen molar-refractivity contribution in [2.24, 2.45) is 5.14 Å². The lowest BCUT2D eigenvalue weighted by Crippen LogP contribution is -2.38. The molecule has 3 rings (SSSR count). The van der Waals surface area contributed by atoms with E-state index in [9.17, 15) is 16.8 Å². The molecule has 2 aromatic rings. The first-order chi connectivity index (χ1) is 13.5. The third-order valence-corrected chi connectivity index (χ3v) is 7.06. The molecule has 0 fully saturated rings. The van der Waals surface area contributed by atoms with Gasteiger partial charge in [-0.15, -0.1) is 0 Å². The van der Waals surface area contributed by atoms with Crippen molar-refractivity contribution < 1.29 is 31.0 Å². The predicted octanol–water partition coefficient (Wildman–Crippen LogP) is 1.42. The Morgan fingerprint density at radius 2 is 1.62 bits per heavy atom. The van der Waals surface area contributed by atoms with Gasteiger partial charge in [-0.2, -0.15) is 4.72 Å². The molecule has 1 aliphatic rings. The van der Waals surface area contributed by atoms with Crippen LogP contribution in [0, 0.1) is 0 Å². The van der Waals surface area contributed by atoms with Crippen LogP contribution < -0.4 is 29.4 Å². The molecule has 0 saturated heterocycles. The molecular weight excluding hydrogens is 446 g/mol. The van der Waals surface area contributed by atoms with E-state index < -0.39 is 31.1 Å². The normalized spacial score (nSPS) is 17.8. The molecule has 29 heavy (non-hydrogen) atoms. The quantitative estimate of drug-likeness (QED) is 0.603. The molecule has 0 aromatic heterocycles. The molecule has 0 amide bonds. The monoisotopic (exact) mass is 463 g/mol. The van der Waals surface area contributed by atoms with Gasteiger partial charge in [0.25, 0.3) is 0 Å². The summed E-state index contributed by atoms with van der Waals surface area (Å²) >= 11 is 6.00. The third kappa shape index (κ3) is 3.94. The number of hydrogen-bond acceptors (Lipinski definition) is 8. The van der Waals surface area contributed by atoms with Crippen LogP contribution in [0.25, 0.3) is 0 Å². The first-order valence-corrected chi connectivity index (χ1v) is 11.4. The molecule has 1 heterocycles. The van der Waals surface area contributed by atoms with Crippen molar-refractivity contribution >= 4 is 37.3 Å². The number of anilines is 1. The molecular formula is C16H18ClN3O7S2. The Balaban J connectivity index is 2.13. The maximum atomic E-state index is 12.8. The second-order valence-electron chi connectivity index (χ2n) is 5.98. The van der Waals surface area contributed by atoms with Crippen LogP contribution in [0.4, 0.5) is 5.69 Å². The lowest BCUT2D eigenvalue weighted by molar-refractivity contribution is 0.323. The fourth-order valence-corrected chi connectivity index (χ4v) is 5.40. The van der Waals surface area contributed by atoms with Gasteiger partial charge in [-0.3, -0.25) is 0 Å². The first kappa shape index (κ1) is 21.5. The number of nitrogens with two attached hydrogens (primary N) is 1. The molecule has 13 heteroatoms. The van der Waals surface area contributed by atoms with Gasteiger partial charge < -0.3 is 19.5 Å². The van der Waals surface area contributed by atoms with Crippen molar-refractivity contribution in [3.8, 4) is 17.2 Å². The molecule has 158 valence electrons. The van der Waals surface area contributed by atoms with Crippen LogP contribution in [0.5, 0.6) is 17.2 Å². The highest BCUT2D eigenvalue weighted by atomic mass is 35.5. The van der Waals surface area contributed by atoms with Crippen molar-refractivity contribution in [1.29, 1.82) is 0 Å². The second kappa shape index (κ2) is 7.54. The third-order valence-electron chi connectivity index (χ3n) is 4.22. The van der Waals surface area contributed by atoms with Crippen LogP contribution in [0.1, 0.15) is 11.7 Å². The molecule has 2 aromatic carbocycles. The zero-order chi connectivity index (χ0) is 21.6. The SMILES string of the molecule is COc1cc([C@@H]2Nc3cc(Cl)c(S(N)(=O)=O)cc3S(=O)(=O)N2)cc(OC)c1OC. The molecule has 0 unspecified atom stereocenters. The summed E-state index contributed by atoms with van der Waals surface area (Å²) in [7, 11) is -3.99. The lowest BCUT2D eigenvalue weighted by atomic mass is 10.1. The summed E-state index contributed by atoms with van der Waals surface area (Å²) in [5.41, 5.74) is 0.570. The highest BCUT2D eigenvalue weighted by Crippen LogP contribution is 2.42. The van der Waals surface area contributed by atoms with E-state index in [2.05, 4.69) is 10.0 Å². The number of methoxy groups -OCH3 is 3. The minimum atomic E-state index is -4.21. The highest BCUT2D eigenvalue weighted by molar-refractivity contribution is 7.90. The Kier molecular flexibility index (Phi) is 5.58. The Labute approximate surface area is 173 Å². The van der Waals surface area contributed by atoms with E-state index in [1.807, 2.05) is 0 Å². The Bertz CT molecular complexity index is 1160. The average molecular weight is 464 g/mol. The summed E-state index contributed by atoms with van der Waals surface area (Å²) in [6, 6.07) is 5.26. The molecule has 10 nitrogen and oxygen atoms in total. The van der Waals surface area contributed by atoms with E-state index in [0.717, 1.165) is 6.07 Å². The molecule has 0 spiro atoms. The first-order valence-electron chi connectivity index (χ1n) is 7.97. The Morgan fingerprint density at radius 1 is 1.03 bits per heavy atom. The number of hydrogen-bond donors (Lipinski definition) is 3. The predicted molar refractivity (Wildman–Crippen MR) is 106 cm³/mol. The van der Waals surface area contributed by atoms with Gasteiger partial charge in [0.15, 0.2) is 11.5 Å². The van der Waals surface area contributed by atoms with Crippen molar-refractivity contribution in [1.82, 2.24) is 4.72 Å². The van der Waals surface area contributed by atoms with E-state index >= 15 is 0 Å². The molecule has 0 saturated carbocycles. The van der Waals surface area contributed by atoms with E-state index in [-0.39, 0.29) is 15.6 Å². The molecule has 1 atom stereocenters. The fraction of sp³-hybridized carbons (Fsp3) is 0.250. The second-order valence-corrected chi connectivity index (χ2v) is 9.60. The average Bonchev–Trinajstić information content (AvgIpc) is 2.64.